The Kier molecular flexibility index (Phi) is 2.62. The van der Waals surface area contributed by atoms with Crippen LogP contribution in [-0.2, 0) is 6.54 Å². The molecule has 0 aromatic heterocycles. The second-order valence-electron chi connectivity index (χ2n) is 3.60. The molecule has 0 saturated heterocycles. The van der Waals surface area contributed by atoms with Crippen molar-refractivity contribution < 1.29 is 0 Å². The highest BCUT2D eigenvalue weighted by Gasteiger charge is 2.10. The van der Waals surface area contributed by atoms with Gasteiger partial charge in [-0.2, -0.15) is 0 Å². The SMILES string of the molecule is Cc1c(C)c(C)c(CN)c(N)c1C. The number of nitrogen functional groups attached to an aromatic ring is 1. The molecule has 0 saturated carbocycles. The van der Waals surface area contributed by atoms with Gasteiger partial charge in [-0.1, -0.05) is 0 Å². The Hall–Kier alpha value is -1.02. The first-order chi connectivity index (χ1) is 6.00. The van der Waals surface area contributed by atoms with Crippen LogP contribution in [0.4, 0.5) is 5.69 Å². The zero-order chi connectivity index (χ0) is 10.2. The number of hydrogen-bond acceptors (Lipinski definition) is 2. The Morgan fingerprint density at radius 1 is 0.846 bits per heavy atom. The first-order valence-electron chi connectivity index (χ1n) is 4.55. The zero-order valence-electron chi connectivity index (χ0n) is 8.86. The van der Waals surface area contributed by atoms with E-state index >= 15 is 0 Å². The summed E-state index contributed by atoms with van der Waals surface area (Å²) >= 11 is 0. The van der Waals surface area contributed by atoms with Crippen LogP contribution in [-0.4, -0.2) is 0 Å². The molecule has 2 heteroatoms. The number of benzene rings is 1. The van der Waals surface area contributed by atoms with E-state index in [2.05, 4.69) is 27.7 Å². The van der Waals surface area contributed by atoms with Crippen LogP contribution in [0.5, 0.6) is 0 Å². The van der Waals surface area contributed by atoms with Crippen molar-refractivity contribution in [2.75, 3.05) is 5.73 Å². The fraction of sp³-hybridized carbons (Fsp3) is 0.455. The maximum absolute atomic E-state index is 5.98. The average molecular weight is 178 g/mol. The normalized spacial score (nSPS) is 10.5. The van der Waals surface area contributed by atoms with E-state index in [4.69, 9.17) is 11.5 Å². The minimum atomic E-state index is 0.527. The molecule has 0 spiro atoms. The third-order valence-corrected chi connectivity index (χ3v) is 3.07. The van der Waals surface area contributed by atoms with Gasteiger partial charge in [-0.05, 0) is 55.5 Å². The van der Waals surface area contributed by atoms with Gasteiger partial charge in [0.2, 0.25) is 0 Å². The van der Waals surface area contributed by atoms with Gasteiger partial charge in [0.1, 0.15) is 0 Å². The van der Waals surface area contributed by atoms with Gasteiger partial charge in [0.15, 0.2) is 0 Å². The Labute approximate surface area is 79.9 Å². The predicted molar refractivity (Wildman–Crippen MR) is 57.7 cm³/mol. The minimum absolute atomic E-state index is 0.527. The molecule has 0 aliphatic carbocycles. The molecule has 2 nitrogen and oxygen atoms in total. The summed E-state index contributed by atoms with van der Waals surface area (Å²) in [7, 11) is 0. The Morgan fingerprint density at radius 3 is 1.77 bits per heavy atom. The molecule has 0 amide bonds. The van der Waals surface area contributed by atoms with Crippen LogP contribution >= 0.6 is 0 Å². The molecule has 0 heterocycles. The standard InChI is InChI=1S/C11H18N2/c1-6-7(2)9(4)11(13)10(5-12)8(6)3/h5,12-13H2,1-4H3. The second kappa shape index (κ2) is 3.38. The molecule has 0 aliphatic rings. The Morgan fingerprint density at radius 2 is 1.31 bits per heavy atom. The topological polar surface area (TPSA) is 52.0 Å². The van der Waals surface area contributed by atoms with Crippen LogP contribution in [0.15, 0.2) is 0 Å². The van der Waals surface area contributed by atoms with E-state index in [1.54, 1.807) is 0 Å². The molecule has 4 N–H and O–H groups in total. The summed E-state index contributed by atoms with van der Waals surface area (Å²) in [4.78, 5) is 0. The molecule has 1 rings (SSSR count). The lowest BCUT2D eigenvalue weighted by molar-refractivity contribution is 1.03. The lowest BCUT2D eigenvalue weighted by atomic mass is 9.92. The van der Waals surface area contributed by atoms with Crippen LogP contribution < -0.4 is 11.5 Å². The summed E-state index contributed by atoms with van der Waals surface area (Å²) in [6.07, 6.45) is 0. The van der Waals surface area contributed by atoms with Gasteiger partial charge in [-0.3, -0.25) is 0 Å². The summed E-state index contributed by atoms with van der Waals surface area (Å²) in [5.41, 5.74) is 18.6. The van der Waals surface area contributed by atoms with Crippen LogP contribution in [0.3, 0.4) is 0 Å². The minimum Gasteiger partial charge on any atom is -0.398 e. The smallest absolute Gasteiger partial charge is 0.0394 e. The molecular formula is C11H18N2. The van der Waals surface area contributed by atoms with E-state index in [1.807, 2.05) is 0 Å². The van der Waals surface area contributed by atoms with Crippen LogP contribution in [0.2, 0.25) is 0 Å². The van der Waals surface area contributed by atoms with Crippen LogP contribution in [0.25, 0.3) is 0 Å². The van der Waals surface area contributed by atoms with Crippen molar-refractivity contribution >= 4 is 5.69 Å². The molecule has 0 aliphatic heterocycles. The summed E-state index contributed by atoms with van der Waals surface area (Å²) in [6.45, 7) is 8.89. The summed E-state index contributed by atoms with van der Waals surface area (Å²) in [5.74, 6) is 0. The average Bonchev–Trinajstić information content (AvgIpc) is 2.13. The highest BCUT2D eigenvalue weighted by molar-refractivity contribution is 5.62. The highest BCUT2D eigenvalue weighted by atomic mass is 14.6. The largest absolute Gasteiger partial charge is 0.398 e. The molecule has 0 atom stereocenters. The van der Waals surface area contributed by atoms with E-state index in [9.17, 15) is 0 Å². The molecule has 72 valence electrons. The molecule has 1 aromatic rings. The fourth-order valence-electron chi connectivity index (χ4n) is 1.68. The van der Waals surface area contributed by atoms with Crippen molar-refractivity contribution in [2.24, 2.45) is 5.73 Å². The second-order valence-corrected chi connectivity index (χ2v) is 3.60. The molecule has 0 bridgehead atoms. The molecule has 0 fully saturated rings. The lowest BCUT2D eigenvalue weighted by Gasteiger charge is -2.16. The Balaban J connectivity index is 3.56. The number of anilines is 1. The van der Waals surface area contributed by atoms with Gasteiger partial charge < -0.3 is 11.5 Å². The molecule has 0 unspecified atom stereocenters. The summed E-state index contributed by atoms with van der Waals surface area (Å²) in [6, 6.07) is 0. The van der Waals surface area contributed by atoms with E-state index in [1.165, 1.54) is 22.3 Å². The fourth-order valence-corrected chi connectivity index (χ4v) is 1.68. The van der Waals surface area contributed by atoms with Crippen molar-refractivity contribution in [2.45, 2.75) is 34.2 Å². The number of rotatable bonds is 1. The van der Waals surface area contributed by atoms with Crippen LogP contribution in [0, 0.1) is 27.7 Å². The van der Waals surface area contributed by atoms with Gasteiger partial charge >= 0.3 is 0 Å². The summed E-state index contributed by atoms with van der Waals surface area (Å²) in [5, 5.41) is 0. The molecule has 13 heavy (non-hydrogen) atoms. The lowest BCUT2D eigenvalue weighted by Crippen LogP contribution is -2.09. The van der Waals surface area contributed by atoms with Gasteiger partial charge in [0.05, 0.1) is 0 Å². The van der Waals surface area contributed by atoms with E-state index in [-0.39, 0.29) is 0 Å². The van der Waals surface area contributed by atoms with Crippen molar-refractivity contribution in [3.63, 3.8) is 0 Å². The molecule has 1 aromatic carbocycles. The Bertz CT molecular complexity index is 311. The van der Waals surface area contributed by atoms with Crippen molar-refractivity contribution in [1.29, 1.82) is 0 Å². The van der Waals surface area contributed by atoms with Gasteiger partial charge in [-0.25, -0.2) is 0 Å². The van der Waals surface area contributed by atoms with E-state index in [0.29, 0.717) is 6.54 Å². The maximum atomic E-state index is 5.98. The molecular weight excluding hydrogens is 160 g/mol. The molecule has 0 radical (unpaired) electrons. The zero-order valence-corrected chi connectivity index (χ0v) is 8.86. The van der Waals surface area contributed by atoms with E-state index < -0.39 is 0 Å². The quantitative estimate of drug-likeness (QED) is 0.646. The van der Waals surface area contributed by atoms with Gasteiger partial charge in [0, 0.05) is 12.2 Å². The van der Waals surface area contributed by atoms with Crippen molar-refractivity contribution in [3.8, 4) is 0 Å². The predicted octanol–water partition coefficient (Wildman–Crippen LogP) is 1.96. The first-order valence-corrected chi connectivity index (χ1v) is 4.55. The summed E-state index contributed by atoms with van der Waals surface area (Å²) < 4.78 is 0. The van der Waals surface area contributed by atoms with Crippen LogP contribution in [0.1, 0.15) is 27.8 Å². The van der Waals surface area contributed by atoms with Crippen molar-refractivity contribution in [1.82, 2.24) is 0 Å². The van der Waals surface area contributed by atoms with Crippen molar-refractivity contribution in [3.05, 3.63) is 27.8 Å². The third kappa shape index (κ3) is 1.42. The number of nitrogens with two attached hydrogens (primary N) is 2. The van der Waals surface area contributed by atoms with Gasteiger partial charge in [-0.15, -0.1) is 0 Å². The maximum Gasteiger partial charge on any atom is 0.0394 e. The highest BCUT2D eigenvalue weighted by Crippen LogP contribution is 2.27. The first kappa shape index (κ1) is 10.1. The number of hydrogen-bond donors (Lipinski definition) is 2. The van der Waals surface area contributed by atoms with Gasteiger partial charge in [0.25, 0.3) is 0 Å². The monoisotopic (exact) mass is 178 g/mol. The third-order valence-electron chi connectivity index (χ3n) is 3.07. The van der Waals surface area contributed by atoms with E-state index in [0.717, 1.165) is 11.3 Å².